The summed E-state index contributed by atoms with van der Waals surface area (Å²) in [5.74, 6) is 2.88. The Morgan fingerprint density at radius 2 is 1.39 bits per heavy atom. The van der Waals surface area contributed by atoms with Crippen molar-refractivity contribution in [1.29, 1.82) is 0 Å². The van der Waals surface area contributed by atoms with Crippen LogP contribution in [0.15, 0.2) is 48.0 Å². The fraction of sp³-hybridized carbons (Fsp3) is 0.556. The topological polar surface area (TPSA) is 29.5 Å². The zero-order valence-corrected chi connectivity index (χ0v) is 25.2. The average Bonchev–Trinajstić information content (AvgIpc) is 2.86. The van der Waals surface area contributed by atoms with Gasteiger partial charge in [0.1, 0.15) is 11.5 Å². The molecule has 0 aromatic heterocycles. The van der Waals surface area contributed by atoms with Crippen LogP contribution in [0.4, 0.5) is 0 Å². The standard InChI is InChI=1S/C36H52O2/c1-8-12-28(7)38-36-31-21-19-29(17-10-14-26(4)5)23-33(31)35(37)34-24-30(20-22-32(34)36)18-11-16-27(6)15-9-13-25(2)3/h14,19-25,27-28,37H,8-13,15-18H2,1-7H3. The van der Waals surface area contributed by atoms with Gasteiger partial charge in [-0.2, -0.15) is 0 Å². The highest BCUT2D eigenvalue weighted by Crippen LogP contribution is 2.43. The van der Waals surface area contributed by atoms with E-state index in [9.17, 15) is 5.11 Å². The molecular weight excluding hydrogens is 464 g/mol. The molecule has 0 fully saturated rings. The molecule has 2 atom stereocenters. The highest BCUT2D eigenvalue weighted by atomic mass is 16.5. The second-order valence-corrected chi connectivity index (χ2v) is 12.3. The highest BCUT2D eigenvalue weighted by Gasteiger charge is 2.18. The Bertz CT molecular complexity index is 1200. The normalized spacial score (nSPS) is 13.3. The smallest absolute Gasteiger partial charge is 0.135 e. The zero-order chi connectivity index (χ0) is 27.7. The maximum absolute atomic E-state index is 11.5. The first-order valence-corrected chi connectivity index (χ1v) is 15.2. The second kappa shape index (κ2) is 14.6. The van der Waals surface area contributed by atoms with Crippen LogP contribution in [0.5, 0.6) is 11.5 Å². The molecule has 0 aliphatic rings. The van der Waals surface area contributed by atoms with Crippen molar-refractivity contribution in [3.8, 4) is 11.5 Å². The Labute approximate surface area is 232 Å². The Balaban J connectivity index is 1.90. The van der Waals surface area contributed by atoms with Crippen molar-refractivity contribution in [1.82, 2.24) is 0 Å². The van der Waals surface area contributed by atoms with Crippen LogP contribution in [0.1, 0.15) is 111 Å². The van der Waals surface area contributed by atoms with Gasteiger partial charge in [0.25, 0.3) is 0 Å². The number of allylic oxidation sites excluding steroid dienone is 2. The highest BCUT2D eigenvalue weighted by molar-refractivity contribution is 6.11. The Morgan fingerprint density at radius 3 is 1.97 bits per heavy atom. The number of ether oxygens (including phenoxy) is 1. The minimum atomic E-state index is 0.130. The van der Waals surface area contributed by atoms with Gasteiger partial charge in [-0.1, -0.05) is 95.7 Å². The molecule has 2 nitrogen and oxygen atoms in total. The van der Waals surface area contributed by atoms with Crippen LogP contribution in [0.2, 0.25) is 0 Å². The molecule has 3 aromatic rings. The van der Waals surface area contributed by atoms with Crippen LogP contribution in [-0.4, -0.2) is 11.2 Å². The number of hydrogen-bond donors (Lipinski definition) is 1. The van der Waals surface area contributed by atoms with E-state index >= 15 is 0 Å². The van der Waals surface area contributed by atoms with Gasteiger partial charge in [-0.15, -0.1) is 0 Å². The molecule has 0 saturated carbocycles. The van der Waals surface area contributed by atoms with E-state index in [0.29, 0.717) is 5.75 Å². The number of benzene rings is 3. The predicted octanol–water partition coefficient (Wildman–Crippen LogP) is 10.9. The monoisotopic (exact) mass is 516 g/mol. The average molecular weight is 517 g/mol. The van der Waals surface area contributed by atoms with Gasteiger partial charge >= 0.3 is 0 Å². The summed E-state index contributed by atoms with van der Waals surface area (Å²) in [6, 6.07) is 13.1. The quantitative estimate of drug-likeness (QED) is 0.161. The van der Waals surface area contributed by atoms with Crippen molar-refractivity contribution in [3.05, 3.63) is 59.2 Å². The van der Waals surface area contributed by atoms with Crippen LogP contribution in [0.25, 0.3) is 21.5 Å². The summed E-state index contributed by atoms with van der Waals surface area (Å²) in [6.07, 6.45) is 14.0. The van der Waals surface area contributed by atoms with Gasteiger partial charge in [0.05, 0.1) is 6.10 Å². The SMILES string of the molecule is CCCC(C)Oc1c2ccc(CCC=C(C)C)cc2c(O)c2cc(CCCC(C)CCCC(C)C)ccc12. The minimum Gasteiger partial charge on any atom is -0.507 e. The lowest BCUT2D eigenvalue weighted by Crippen LogP contribution is -2.11. The lowest BCUT2D eigenvalue weighted by Gasteiger charge is -2.20. The van der Waals surface area contributed by atoms with E-state index < -0.39 is 0 Å². The first-order valence-electron chi connectivity index (χ1n) is 15.2. The molecule has 0 radical (unpaired) electrons. The Kier molecular flexibility index (Phi) is 11.6. The summed E-state index contributed by atoms with van der Waals surface area (Å²) >= 11 is 0. The van der Waals surface area contributed by atoms with Gasteiger partial charge in [-0.3, -0.25) is 0 Å². The van der Waals surface area contributed by atoms with Crippen LogP contribution in [-0.2, 0) is 12.8 Å². The fourth-order valence-electron chi connectivity index (χ4n) is 5.57. The van der Waals surface area contributed by atoms with E-state index in [1.807, 2.05) is 0 Å². The Hall–Kier alpha value is -2.48. The van der Waals surface area contributed by atoms with Gasteiger partial charge in [-0.05, 0) is 88.0 Å². The molecule has 208 valence electrons. The number of fused-ring (bicyclic) bond motifs is 2. The summed E-state index contributed by atoms with van der Waals surface area (Å²) < 4.78 is 6.57. The van der Waals surface area contributed by atoms with Crippen molar-refractivity contribution < 1.29 is 9.84 Å². The molecule has 0 aliphatic carbocycles. The second-order valence-electron chi connectivity index (χ2n) is 12.3. The lowest BCUT2D eigenvalue weighted by molar-refractivity contribution is 0.215. The molecule has 2 heteroatoms. The molecule has 0 aliphatic heterocycles. The molecule has 1 N–H and O–H groups in total. The maximum Gasteiger partial charge on any atom is 0.135 e. The van der Waals surface area contributed by atoms with E-state index in [1.165, 1.54) is 48.8 Å². The Morgan fingerprint density at radius 1 is 0.789 bits per heavy atom. The van der Waals surface area contributed by atoms with Crippen molar-refractivity contribution in [2.24, 2.45) is 11.8 Å². The number of rotatable bonds is 15. The van der Waals surface area contributed by atoms with Crippen LogP contribution in [0, 0.1) is 11.8 Å². The molecule has 0 amide bonds. The summed E-state index contributed by atoms with van der Waals surface area (Å²) in [6.45, 7) is 15.7. The van der Waals surface area contributed by atoms with Gasteiger partial charge in [0.15, 0.2) is 0 Å². The summed E-state index contributed by atoms with van der Waals surface area (Å²) in [5.41, 5.74) is 3.89. The third-order valence-electron chi connectivity index (χ3n) is 7.81. The molecule has 0 bridgehead atoms. The van der Waals surface area contributed by atoms with E-state index in [1.54, 1.807) is 0 Å². The fourth-order valence-corrected chi connectivity index (χ4v) is 5.57. The summed E-state index contributed by atoms with van der Waals surface area (Å²) in [7, 11) is 0. The van der Waals surface area contributed by atoms with E-state index in [0.717, 1.165) is 71.2 Å². The number of phenolic OH excluding ortho intramolecular Hbond substituents is 1. The molecule has 2 unspecified atom stereocenters. The van der Waals surface area contributed by atoms with Crippen LogP contribution >= 0.6 is 0 Å². The molecule has 0 heterocycles. The summed E-state index contributed by atoms with van der Waals surface area (Å²) in [4.78, 5) is 0. The predicted molar refractivity (Wildman–Crippen MR) is 167 cm³/mol. The van der Waals surface area contributed by atoms with Crippen molar-refractivity contribution in [2.45, 2.75) is 119 Å². The van der Waals surface area contributed by atoms with E-state index in [4.69, 9.17) is 4.74 Å². The molecule has 3 aromatic carbocycles. The first-order chi connectivity index (χ1) is 18.2. The van der Waals surface area contributed by atoms with Crippen molar-refractivity contribution in [3.63, 3.8) is 0 Å². The lowest BCUT2D eigenvalue weighted by atomic mass is 9.93. The third kappa shape index (κ3) is 8.52. The largest absolute Gasteiger partial charge is 0.507 e. The summed E-state index contributed by atoms with van der Waals surface area (Å²) in [5, 5.41) is 15.4. The zero-order valence-electron chi connectivity index (χ0n) is 25.2. The number of aryl methyl sites for hydroxylation is 2. The number of phenols is 1. The van der Waals surface area contributed by atoms with Crippen LogP contribution < -0.4 is 4.74 Å². The number of aromatic hydroxyl groups is 1. The van der Waals surface area contributed by atoms with Gasteiger partial charge in [0, 0.05) is 21.5 Å². The van der Waals surface area contributed by atoms with E-state index in [-0.39, 0.29) is 6.10 Å². The third-order valence-corrected chi connectivity index (χ3v) is 7.81. The molecule has 3 rings (SSSR count). The minimum absolute atomic E-state index is 0.130. The number of hydrogen-bond acceptors (Lipinski definition) is 2. The maximum atomic E-state index is 11.5. The molecule has 0 spiro atoms. The molecule has 0 saturated heterocycles. The van der Waals surface area contributed by atoms with Gasteiger partial charge in [0.2, 0.25) is 0 Å². The molecule has 38 heavy (non-hydrogen) atoms. The van der Waals surface area contributed by atoms with Crippen molar-refractivity contribution >= 4 is 21.5 Å². The van der Waals surface area contributed by atoms with Gasteiger partial charge < -0.3 is 9.84 Å². The van der Waals surface area contributed by atoms with Gasteiger partial charge in [-0.25, -0.2) is 0 Å². The van der Waals surface area contributed by atoms with Crippen molar-refractivity contribution in [2.75, 3.05) is 0 Å². The van der Waals surface area contributed by atoms with E-state index in [2.05, 4.69) is 90.9 Å². The van der Waals surface area contributed by atoms with Crippen LogP contribution in [0.3, 0.4) is 0 Å². The molecular formula is C36H52O2. The first kappa shape index (κ1) is 30.1.